The molecular formula is C15H21N3O3. The number of Topliss-reactive ketones (excluding diaryl/α,β-unsaturated/α-hetero) is 1. The molecule has 0 unspecified atom stereocenters. The highest BCUT2D eigenvalue weighted by atomic mass is 16.5. The molecule has 6 nitrogen and oxygen atoms in total. The SMILES string of the molecule is CN(Cc1ccc(C(=O)CN)cc1)C(=O)N1CCOCC1. The molecule has 1 aliphatic rings. The van der Waals surface area contributed by atoms with Gasteiger partial charge in [-0.15, -0.1) is 0 Å². The molecule has 1 saturated heterocycles. The fourth-order valence-corrected chi connectivity index (χ4v) is 2.25. The van der Waals surface area contributed by atoms with Crippen molar-refractivity contribution in [2.45, 2.75) is 6.54 Å². The topological polar surface area (TPSA) is 75.9 Å². The third-order valence-electron chi connectivity index (χ3n) is 3.49. The number of carbonyl (C=O) groups excluding carboxylic acids is 2. The van der Waals surface area contributed by atoms with Crippen LogP contribution in [0.15, 0.2) is 24.3 Å². The lowest BCUT2D eigenvalue weighted by molar-refractivity contribution is 0.0448. The largest absolute Gasteiger partial charge is 0.378 e. The molecule has 0 radical (unpaired) electrons. The summed E-state index contributed by atoms with van der Waals surface area (Å²) in [6.07, 6.45) is 0. The molecular weight excluding hydrogens is 270 g/mol. The van der Waals surface area contributed by atoms with Crippen LogP contribution in [0.5, 0.6) is 0 Å². The summed E-state index contributed by atoms with van der Waals surface area (Å²) in [7, 11) is 1.77. The Balaban J connectivity index is 1.93. The molecule has 1 heterocycles. The molecule has 0 aliphatic carbocycles. The van der Waals surface area contributed by atoms with Gasteiger partial charge < -0.3 is 20.3 Å². The van der Waals surface area contributed by atoms with Crippen molar-refractivity contribution in [2.24, 2.45) is 5.73 Å². The maximum absolute atomic E-state index is 12.2. The van der Waals surface area contributed by atoms with E-state index in [1.165, 1.54) is 0 Å². The Hall–Kier alpha value is -1.92. The van der Waals surface area contributed by atoms with Crippen LogP contribution in [0.4, 0.5) is 4.79 Å². The van der Waals surface area contributed by atoms with E-state index in [1.807, 2.05) is 12.1 Å². The highest BCUT2D eigenvalue weighted by molar-refractivity contribution is 5.97. The number of nitrogens with two attached hydrogens (primary N) is 1. The second-order valence-corrected chi connectivity index (χ2v) is 5.06. The zero-order valence-corrected chi connectivity index (χ0v) is 12.2. The van der Waals surface area contributed by atoms with Gasteiger partial charge in [-0.05, 0) is 5.56 Å². The van der Waals surface area contributed by atoms with E-state index in [-0.39, 0.29) is 18.4 Å². The lowest BCUT2D eigenvalue weighted by atomic mass is 10.1. The summed E-state index contributed by atoms with van der Waals surface area (Å²) in [6.45, 7) is 2.97. The van der Waals surface area contributed by atoms with Gasteiger partial charge in [0.15, 0.2) is 5.78 Å². The van der Waals surface area contributed by atoms with E-state index >= 15 is 0 Å². The average Bonchev–Trinajstić information content (AvgIpc) is 2.55. The number of ether oxygens (including phenoxy) is 1. The maximum Gasteiger partial charge on any atom is 0.320 e. The molecule has 0 atom stereocenters. The molecule has 2 N–H and O–H groups in total. The molecule has 114 valence electrons. The molecule has 1 aliphatic heterocycles. The quantitative estimate of drug-likeness (QED) is 0.829. The first-order chi connectivity index (χ1) is 10.1. The second-order valence-electron chi connectivity index (χ2n) is 5.06. The number of rotatable bonds is 4. The van der Waals surface area contributed by atoms with Gasteiger partial charge >= 0.3 is 6.03 Å². The van der Waals surface area contributed by atoms with Gasteiger partial charge in [-0.1, -0.05) is 24.3 Å². The smallest absolute Gasteiger partial charge is 0.320 e. The lowest BCUT2D eigenvalue weighted by Gasteiger charge is -2.31. The Bertz CT molecular complexity index is 495. The minimum Gasteiger partial charge on any atom is -0.378 e. The number of ketones is 1. The van der Waals surface area contributed by atoms with Crippen molar-refractivity contribution in [2.75, 3.05) is 39.9 Å². The molecule has 2 amide bonds. The second kappa shape index (κ2) is 7.19. The van der Waals surface area contributed by atoms with Crippen LogP contribution >= 0.6 is 0 Å². The van der Waals surface area contributed by atoms with Crippen LogP contribution in [0.25, 0.3) is 0 Å². The summed E-state index contributed by atoms with van der Waals surface area (Å²) in [5, 5.41) is 0. The molecule has 2 rings (SSSR count). The van der Waals surface area contributed by atoms with Gasteiger partial charge in [-0.25, -0.2) is 4.79 Å². The molecule has 21 heavy (non-hydrogen) atoms. The molecule has 6 heteroatoms. The van der Waals surface area contributed by atoms with Crippen molar-refractivity contribution in [3.63, 3.8) is 0 Å². The van der Waals surface area contributed by atoms with Crippen LogP contribution in [0, 0.1) is 0 Å². The van der Waals surface area contributed by atoms with Crippen molar-refractivity contribution in [3.05, 3.63) is 35.4 Å². The van der Waals surface area contributed by atoms with Crippen molar-refractivity contribution in [1.29, 1.82) is 0 Å². The zero-order chi connectivity index (χ0) is 15.2. The molecule has 0 bridgehead atoms. The summed E-state index contributed by atoms with van der Waals surface area (Å²) >= 11 is 0. The van der Waals surface area contributed by atoms with Crippen molar-refractivity contribution < 1.29 is 14.3 Å². The minimum atomic E-state index is -0.0840. The number of urea groups is 1. The van der Waals surface area contributed by atoms with Gasteiger partial charge in [0.05, 0.1) is 19.8 Å². The molecule has 1 fully saturated rings. The zero-order valence-electron chi connectivity index (χ0n) is 12.2. The third-order valence-corrected chi connectivity index (χ3v) is 3.49. The van der Waals surface area contributed by atoms with E-state index in [4.69, 9.17) is 10.5 Å². The first-order valence-corrected chi connectivity index (χ1v) is 7.02. The van der Waals surface area contributed by atoms with Gasteiger partial charge in [0, 0.05) is 32.2 Å². The number of hydrogen-bond donors (Lipinski definition) is 1. The molecule has 1 aromatic carbocycles. The first kappa shape index (κ1) is 15.5. The van der Waals surface area contributed by atoms with Crippen LogP contribution in [0.1, 0.15) is 15.9 Å². The maximum atomic E-state index is 12.2. The van der Waals surface area contributed by atoms with Gasteiger partial charge in [-0.2, -0.15) is 0 Å². The van der Waals surface area contributed by atoms with Crippen molar-refractivity contribution in [1.82, 2.24) is 9.80 Å². The van der Waals surface area contributed by atoms with Crippen molar-refractivity contribution >= 4 is 11.8 Å². The number of carbonyl (C=O) groups is 2. The normalized spacial score (nSPS) is 14.9. The summed E-state index contributed by atoms with van der Waals surface area (Å²) < 4.78 is 5.24. The Labute approximate surface area is 124 Å². The molecule has 0 saturated carbocycles. The Morgan fingerprint density at radius 2 is 1.86 bits per heavy atom. The molecule has 1 aromatic rings. The first-order valence-electron chi connectivity index (χ1n) is 7.02. The molecule has 0 spiro atoms. The fourth-order valence-electron chi connectivity index (χ4n) is 2.25. The Kier molecular flexibility index (Phi) is 5.30. The number of nitrogens with zero attached hydrogens (tertiary/aromatic N) is 2. The predicted octanol–water partition coefficient (Wildman–Crippen LogP) is 0.712. The van der Waals surface area contributed by atoms with E-state index in [9.17, 15) is 9.59 Å². The standard InChI is InChI=1S/C15H21N3O3/c1-17(15(20)18-6-8-21-9-7-18)11-12-2-4-13(5-3-12)14(19)10-16/h2-5H,6-11,16H2,1H3. The summed E-state index contributed by atoms with van der Waals surface area (Å²) in [5.74, 6) is -0.0840. The van der Waals surface area contributed by atoms with E-state index in [1.54, 1.807) is 29.0 Å². The number of benzene rings is 1. The fraction of sp³-hybridized carbons (Fsp3) is 0.467. The van der Waals surface area contributed by atoms with E-state index in [0.29, 0.717) is 38.4 Å². The molecule has 0 aromatic heterocycles. The van der Waals surface area contributed by atoms with Gasteiger partial charge in [0.2, 0.25) is 0 Å². The van der Waals surface area contributed by atoms with Gasteiger partial charge in [0.25, 0.3) is 0 Å². The minimum absolute atomic E-state index is 0.000381. The average molecular weight is 291 g/mol. The third kappa shape index (κ3) is 4.03. The van der Waals surface area contributed by atoms with Crippen molar-refractivity contribution in [3.8, 4) is 0 Å². The Morgan fingerprint density at radius 1 is 1.24 bits per heavy atom. The van der Waals surface area contributed by atoms with Crippen LogP contribution < -0.4 is 5.73 Å². The van der Waals surface area contributed by atoms with Crippen LogP contribution in [0.2, 0.25) is 0 Å². The predicted molar refractivity (Wildman–Crippen MR) is 79.1 cm³/mol. The lowest BCUT2D eigenvalue weighted by Crippen LogP contribution is -2.46. The summed E-state index contributed by atoms with van der Waals surface area (Å²) in [6, 6.07) is 7.20. The van der Waals surface area contributed by atoms with Crippen LogP contribution in [-0.2, 0) is 11.3 Å². The van der Waals surface area contributed by atoms with Gasteiger partial charge in [-0.3, -0.25) is 4.79 Å². The number of hydrogen-bond acceptors (Lipinski definition) is 4. The highest BCUT2D eigenvalue weighted by Gasteiger charge is 2.20. The summed E-state index contributed by atoms with van der Waals surface area (Å²) in [4.78, 5) is 27.2. The van der Waals surface area contributed by atoms with E-state index in [0.717, 1.165) is 5.56 Å². The number of morpholine rings is 1. The van der Waals surface area contributed by atoms with Crippen LogP contribution in [0.3, 0.4) is 0 Å². The monoisotopic (exact) mass is 291 g/mol. The van der Waals surface area contributed by atoms with Gasteiger partial charge in [0.1, 0.15) is 0 Å². The number of amides is 2. The van der Waals surface area contributed by atoms with E-state index in [2.05, 4.69) is 0 Å². The van der Waals surface area contributed by atoms with Crippen LogP contribution in [-0.4, -0.2) is 61.5 Å². The van der Waals surface area contributed by atoms with E-state index < -0.39 is 0 Å². The Morgan fingerprint density at radius 3 is 2.43 bits per heavy atom. The highest BCUT2D eigenvalue weighted by Crippen LogP contribution is 2.09. The summed E-state index contributed by atoms with van der Waals surface area (Å²) in [5.41, 5.74) is 6.91.